The van der Waals surface area contributed by atoms with E-state index in [1.807, 2.05) is 42.5 Å². The summed E-state index contributed by atoms with van der Waals surface area (Å²) in [4.78, 5) is 9.31. The molecule has 0 amide bonds. The fourth-order valence-corrected chi connectivity index (χ4v) is 2.67. The van der Waals surface area contributed by atoms with Gasteiger partial charge in [-0.25, -0.2) is 9.97 Å². The maximum atomic E-state index is 6.11. The average molecular weight is 393 g/mol. The fourth-order valence-electron chi connectivity index (χ4n) is 2.24. The highest BCUT2D eigenvalue weighted by molar-refractivity contribution is 9.10. The predicted molar refractivity (Wildman–Crippen MR) is 98.0 cm³/mol. The van der Waals surface area contributed by atoms with Crippen LogP contribution in [0.25, 0.3) is 22.3 Å². The molecule has 0 spiro atoms. The molecule has 1 heterocycles. The quantitative estimate of drug-likeness (QED) is 0.635. The number of methoxy groups -OCH3 is 1. The Hall–Kier alpha value is -1.69. The number of nitrogens with one attached hydrogen (secondary N) is 1. The SMILES string of the molecule is COCCNc1nc(-c2ccc(Br)cc2)nc2cc(Cl)ccc12. The van der Waals surface area contributed by atoms with Gasteiger partial charge in [0, 0.05) is 34.1 Å². The Morgan fingerprint density at radius 2 is 1.91 bits per heavy atom. The Labute approximate surface area is 148 Å². The first-order chi connectivity index (χ1) is 11.2. The van der Waals surface area contributed by atoms with Crippen molar-refractivity contribution in [2.45, 2.75) is 0 Å². The minimum absolute atomic E-state index is 0.604. The molecule has 3 rings (SSSR count). The van der Waals surface area contributed by atoms with Gasteiger partial charge in [-0.1, -0.05) is 39.7 Å². The van der Waals surface area contributed by atoms with Gasteiger partial charge in [0.05, 0.1) is 12.1 Å². The molecule has 4 nitrogen and oxygen atoms in total. The van der Waals surface area contributed by atoms with E-state index in [0.717, 1.165) is 26.8 Å². The number of rotatable bonds is 5. The zero-order chi connectivity index (χ0) is 16.2. The van der Waals surface area contributed by atoms with Crippen molar-refractivity contribution in [2.75, 3.05) is 25.6 Å². The van der Waals surface area contributed by atoms with E-state index in [2.05, 4.69) is 31.2 Å². The van der Waals surface area contributed by atoms with Crippen LogP contribution < -0.4 is 5.32 Å². The van der Waals surface area contributed by atoms with Crippen LogP contribution in [0.3, 0.4) is 0 Å². The van der Waals surface area contributed by atoms with Crippen molar-refractivity contribution >= 4 is 44.3 Å². The Morgan fingerprint density at radius 3 is 2.65 bits per heavy atom. The van der Waals surface area contributed by atoms with Crippen molar-refractivity contribution in [1.82, 2.24) is 9.97 Å². The van der Waals surface area contributed by atoms with Gasteiger partial charge in [-0.3, -0.25) is 0 Å². The van der Waals surface area contributed by atoms with Crippen LogP contribution in [0.1, 0.15) is 0 Å². The second-order valence-corrected chi connectivity index (χ2v) is 6.34. The first-order valence-corrected chi connectivity index (χ1v) is 8.30. The minimum Gasteiger partial charge on any atom is -0.383 e. The van der Waals surface area contributed by atoms with E-state index >= 15 is 0 Å². The lowest BCUT2D eigenvalue weighted by molar-refractivity contribution is 0.210. The smallest absolute Gasteiger partial charge is 0.162 e. The van der Waals surface area contributed by atoms with Crippen molar-refractivity contribution in [3.05, 3.63) is 52.0 Å². The van der Waals surface area contributed by atoms with Crippen molar-refractivity contribution in [2.24, 2.45) is 0 Å². The van der Waals surface area contributed by atoms with Gasteiger partial charge in [0.1, 0.15) is 5.82 Å². The monoisotopic (exact) mass is 391 g/mol. The molecule has 1 N–H and O–H groups in total. The fraction of sp³-hybridized carbons (Fsp3) is 0.176. The normalized spacial score (nSPS) is 10.9. The van der Waals surface area contributed by atoms with Crippen LogP contribution in [0.2, 0.25) is 5.02 Å². The molecule has 0 fully saturated rings. The van der Waals surface area contributed by atoms with Crippen molar-refractivity contribution < 1.29 is 4.74 Å². The molecule has 23 heavy (non-hydrogen) atoms. The third-order valence-electron chi connectivity index (χ3n) is 3.36. The van der Waals surface area contributed by atoms with Crippen molar-refractivity contribution in [1.29, 1.82) is 0 Å². The van der Waals surface area contributed by atoms with Crippen LogP contribution in [-0.4, -0.2) is 30.2 Å². The Balaban J connectivity index is 2.09. The molecule has 3 aromatic rings. The molecule has 0 unspecified atom stereocenters. The number of hydrogen-bond donors (Lipinski definition) is 1. The molecule has 1 aromatic heterocycles. The predicted octanol–water partition coefficient (Wildman–Crippen LogP) is 4.77. The van der Waals surface area contributed by atoms with Gasteiger partial charge >= 0.3 is 0 Å². The molecule has 118 valence electrons. The molecule has 6 heteroatoms. The highest BCUT2D eigenvalue weighted by atomic mass is 79.9. The van der Waals surface area contributed by atoms with Gasteiger partial charge in [-0.15, -0.1) is 0 Å². The molecule has 0 radical (unpaired) electrons. The van der Waals surface area contributed by atoms with E-state index in [1.54, 1.807) is 7.11 Å². The summed E-state index contributed by atoms with van der Waals surface area (Å²) < 4.78 is 6.11. The number of fused-ring (bicyclic) bond motifs is 1. The van der Waals surface area contributed by atoms with Crippen LogP contribution in [0.15, 0.2) is 46.9 Å². The molecule has 0 aliphatic rings. The zero-order valence-corrected chi connectivity index (χ0v) is 14.9. The molecule has 2 aromatic carbocycles. The van der Waals surface area contributed by atoms with Crippen LogP contribution in [0, 0.1) is 0 Å². The Bertz CT molecular complexity index is 824. The summed E-state index contributed by atoms with van der Waals surface area (Å²) in [6, 6.07) is 13.5. The number of hydrogen-bond acceptors (Lipinski definition) is 4. The third kappa shape index (κ3) is 3.80. The number of benzene rings is 2. The Kier molecular flexibility index (Phi) is 5.10. The van der Waals surface area contributed by atoms with Gasteiger partial charge in [0.15, 0.2) is 5.82 Å². The second kappa shape index (κ2) is 7.25. The lowest BCUT2D eigenvalue weighted by Crippen LogP contribution is -2.10. The molecule has 0 aliphatic heterocycles. The Morgan fingerprint density at radius 1 is 1.13 bits per heavy atom. The summed E-state index contributed by atoms with van der Waals surface area (Å²) in [5, 5.41) is 4.89. The van der Waals surface area contributed by atoms with E-state index in [0.29, 0.717) is 24.0 Å². The highest BCUT2D eigenvalue weighted by Gasteiger charge is 2.10. The van der Waals surface area contributed by atoms with Crippen LogP contribution >= 0.6 is 27.5 Å². The van der Waals surface area contributed by atoms with Gasteiger partial charge in [-0.2, -0.15) is 0 Å². The number of anilines is 1. The van der Waals surface area contributed by atoms with Crippen LogP contribution in [0.5, 0.6) is 0 Å². The second-order valence-electron chi connectivity index (χ2n) is 4.98. The summed E-state index contributed by atoms with van der Waals surface area (Å²) in [5.74, 6) is 1.44. The minimum atomic E-state index is 0.604. The molecule has 0 saturated heterocycles. The highest BCUT2D eigenvalue weighted by Crippen LogP contribution is 2.27. The summed E-state index contributed by atoms with van der Waals surface area (Å²) in [5.41, 5.74) is 1.76. The largest absolute Gasteiger partial charge is 0.383 e. The summed E-state index contributed by atoms with van der Waals surface area (Å²) in [7, 11) is 1.67. The maximum absolute atomic E-state index is 6.11. The van der Waals surface area contributed by atoms with Gasteiger partial charge in [0.2, 0.25) is 0 Å². The van der Waals surface area contributed by atoms with Gasteiger partial charge in [-0.05, 0) is 30.3 Å². The van der Waals surface area contributed by atoms with E-state index in [1.165, 1.54) is 0 Å². The number of halogens is 2. The topological polar surface area (TPSA) is 47.0 Å². The molecule has 0 saturated carbocycles. The van der Waals surface area contributed by atoms with E-state index in [9.17, 15) is 0 Å². The zero-order valence-electron chi connectivity index (χ0n) is 12.5. The number of ether oxygens (including phenoxy) is 1. The summed E-state index contributed by atoms with van der Waals surface area (Å²) >= 11 is 9.55. The summed E-state index contributed by atoms with van der Waals surface area (Å²) in [6.07, 6.45) is 0. The third-order valence-corrected chi connectivity index (χ3v) is 4.12. The molecule has 0 atom stereocenters. The van der Waals surface area contributed by atoms with Crippen molar-refractivity contribution in [3.63, 3.8) is 0 Å². The first kappa shape index (κ1) is 16.2. The number of nitrogens with zero attached hydrogens (tertiary/aromatic N) is 2. The van der Waals surface area contributed by atoms with E-state index in [-0.39, 0.29) is 0 Å². The lowest BCUT2D eigenvalue weighted by Gasteiger charge is -2.11. The van der Waals surface area contributed by atoms with Crippen LogP contribution in [0.4, 0.5) is 5.82 Å². The standard InChI is InChI=1S/C17H15BrClN3O/c1-23-9-8-20-17-14-7-6-13(19)10-15(14)21-16(22-17)11-2-4-12(18)5-3-11/h2-7,10H,8-9H2,1H3,(H,20,21,22). The average Bonchev–Trinajstić information content (AvgIpc) is 2.55. The lowest BCUT2D eigenvalue weighted by atomic mass is 10.2. The van der Waals surface area contributed by atoms with Gasteiger partial charge < -0.3 is 10.1 Å². The van der Waals surface area contributed by atoms with E-state index < -0.39 is 0 Å². The number of aromatic nitrogens is 2. The maximum Gasteiger partial charge on any atom is 0.162 e. The van der Waals surface area contributed by atoms with Gasteiger partial charge in [0.25, 0.3) is 0 Å². The van der Waals surface area contributed by atoms with Crippen LogP contribution in [-0.2, 0) is 4.74 Å². The summed E-state index contributed by atoms with van der Waals surface area (Å²) in [6.45, 7) is 1.28. The van der Waals surface area contributed by atoms with E-state index in [4.69, 9.17) is 16.3 Å². The molecular formula is C17H15BrClN3O. The molecular weight excluding hydrogens is 378 g/mol. The first-order valence-electron chi connectivity index (χ1n) is 7.13. The molecule has 0 aliphatic carbocycles. The van der Waals surface area contributed by atoms with Crippen molar-refractivity contribution in [3.8, 4) is 11.4 Å². The molecule has 0 bridgehead atoms.